The Hall–Kier alpha value is -2.32. The molecule has 0 N–H and O–H groups in total. The standard InChI is InChI=1S/C22H32N4O4/c1-29-20-5-3-2-4-19(20)24-8-10-25(11-9-24)22(28)18-16-21(27)26(17-18)7-6-23-12-14-30-15-13-23/h2-5,18H,6-17H2,1H3/t18-/m0/s1. The number of methoxy groups -OCH3 is 1. The maximum Gasteiger partial charge on any atom is 0.228 e. The van der Waals surface area contributed by atoms with Crippen LogP contribution in [0.1, 0.15) is 6.42 Å². The summed E-state index contributed by atoms with van der Waals surface area (Å²) in [7, 11) is 1.68. The first-order valence-electron chi connectivity index (χ1n) is 10.9. The van der Waals surface area contributed by atoms with Crippen LogP contribution in [0.5, 0.6) is 5.75 Å². The van der Waals surface area contributed by atoms with Gasteiger partial charge in [-0.3, -0.25) is 14.5 Å². The second-order valence-electron chi connectivity index (χ2n) is 8.18. The third-order valence-electron chi connectivity index (χ3n) is 6.37. The first kappa shape index (κ1) is 20.9. The van der Waals surface area contributed by atoms with E-state index in [4.69, 9.17) is 9.47 Å². The summed E-state index contributed by atoms with van der Waals surface area (Å²) >= 11 is 0. The van der Waals surface area contributed by atoms with Crippen LogP contribution in [0.2, 0.25) is 0 Å². The Morgan fingerprint density at radius 1 is 1.07 bits per heavy atom. The lowest BCUT2D eigenvalue weighted by molar-refractivity contribution is -0.136. The van der Waals surface area contributed by atoms with E-state index in [1.165, 1.54) is 0 Å². The lowest BCUT2D eigenvalue weighted by atomic mass is 10.1. The molecule has 8 nitrogen and oxygen atoms in total. The Bertz CT molecular complexity index is 744. The van der Waals surface area contributed by atoms with E-state index < -0.39 is 0 Å². The van der Waals surface area contributed by atoms with Crippen LogP contribution in [-0.2, 0) is 14.3 Å². The number of para-hydroxylation sites is 2. The van der Waals surface area contributed by atoms with Gasteiger partial charge in [0.2, 0.25) is 11.8 Å². The van der Waals surface area contributed by atoms with Crippen molar-refractivity contribution >= 4 is 17.5 Å². The number of hydrogen-bond acceptors (Lipinski definition) is 6. The third-order valence-corrected chi connectivity index (χ3v) is 6.37. The topological polar surface area (TPSA) is 65.6 Å². The van der Waals surface area contributed by atoms with Crippen molar-refractivity contribution in [2.75, 3.05) is 84.1 Å². The van der Waals surface area contributed by atoms with Crippen molar-refractivity contribution in [3.63, 3.8) is 0 Å². The number of piperazine rings is 1. The molecule has 3 aliphatic rings. The van der Waals surface area contributed by atoms with Gasteiger partial charge in [0.1, 0.15) is 5.75 Å². The fraction of sp³-hybridized carbons (Fsp3) is 0.636. The van der Waals surface area contributed by atoms with Crippen LogP contribution in [0, 0.1) is 5.92 Å². The number of nitrogens with zero attached hydrogens (tertiary/aromatic N) is 4. The maximum absolute atomic E-state index is 13.0. The van der Waals surface area contributed by atoms with Crippen molar-refractivity contribution in [1.29, 1.82) is 0 Å². The van der Waals surface area contributed by atoms with Crippen LogP contribution in [0.15, 0.2) is 24.3 Å². The average Bonchev–Trinajstić information content (AvgIpc) is 3.18. The molecule has 3 fully saturated rings. The van der Waals surface area contributed by atoms with E-state index in [1.807, 2.05) is 28.0 Å². The molecule has 2 amide bonds. The maximum atomic E-state index is 13.0. The van der Waals surface area contributed by atoms with Crippen LogP contribution in [-0.4, -0.2) is 106 Å². The second-order valence-corrected chi connectivity index (χ2v) is 8.18. The molecule has 3 saturated heterocycles. The molecule has 30 heavy (non-hydrogen) atoms. The lowest BCUT2D eigenvalue weighted by Crippen LogP contribution is -2.50. The van der Waals surface area contributed by atoms with Gasteiger partial charge in [-0.1, -0.05) is 12.1 Å². The number of carbonyl (C=O) groups excluding carboxylic acids is 2. The fourth-order valence-corrected chi connectivity index (χ4v) is 4.56. The summed E-state index contributed by atoms with van der Waals surface area (Å²) in [5.74, 6) is 0.876. The summed E-state index contributed by atoms with van der Waals surface area (Å²) in [4.78, 5) is 33.9. The molecule has 1 aromatic carbocycles. The monoisotopic (exact) mass is 416 g/mol. The van der Waals surface area contributed by atoms with Gasteiger partial charge in [-0.2, -0.15) is 0 Å². The van der Waals surface area contributed by atoms with Crippen molar-refractivity contribution in [1.82, 2.24) is 14.7 Å². The van der Waals surface area contributed by atoms with E-state index in [1.54, 1.807) is 7.11 Å². The predicted molar refractivity (Wildman–Crippen MR) is 114 cm³/mol. The van der Waals surface area contributed by atoms with Crippen molar-refractivity contribution in [2.24, 2.45) is 5.92 Å². The molecule has 0 aromatic heterocycles. The zero-order valence-corrected chi connectivity index (χ0v) is 17.8. The Morgan fingerprint density at radius 3 is 2.53 bits per heavy atom. The largest absolute Gasteiger partial charge is 0.495 e. The third kappa shape index (κ3) is 4.70. The molecular weight excluding hydrogens is 384 g/mol. The second kappa shape index (κ2) is 9.66. The molecule has 0 unspecified atom stereocenters. The number of benzene rings is 1. The van der Waals surface area contributed by atoms with Crippen LogP contribution >= 0.6 is 0 Å². The molecule has 8 heteroatoms. The van der Waals surface area contributed by atoms with Gasteiger partial charge in [-0.15, -0.1) is 0 Å². The van der Waals surface area contributed by atoms with Crippen molar-refractivity contribution in [3.05, 3.63) is 24.3 Å². The lowest BCUT2D eigenvalue weighted by Gasteiger charge is -2.37. The molecule has 0 saturated carbocycles. The molecule has 0 spiro atoms. The van der Waals surface area contributed by atoms with Gasteiger partial charge < -0.3 is 24.2 Å². The number of hydrogen-bond donors (Lipinski definition) is 0. The number of ether oxygens (including phenoxy) is 2. The zero-order valence-electron chi connectivity index (χ0n) is 17.8. The van der Waals surface area contributed by atoms with E-state index in [2.05, 4.69) is 15.9 Å². The number of morpholine rings is 1. The Kier molecular flexibility index (Phi) is 6.74. The average molecular weight is 417 g/mol. The summed E-state index contributed by atoms with van der Waals surface area (Å²) in [6.45, 7) is 8.35. The van der Waals surface area contributed by atoms with Crippen LogP contribution < -0.4 is 9.64 Å². The van der Waals surface area contributed by atoms with Crippen molar-refractivity contribution < 1.29 is 19.1 Å². The molecule has 0 radical (unpaired) electrons. The minimum Gasteiger partial charge on any atom is -0.495 e. The Morgan fingerprint density at radius 2 is 1.80 bits per heavy atom. The zero-order chi connectivity index (χ0) is 20.9. The minimum absolute atomic E-state index is 0.106. The fourth-order valence-electron chi connectivity index (χ4n) is 4.56. The van der Waals surface area contributed by atoms with Crippen LogP contribution in [0.3, 0.4) is 0 Å². The van der Waals surface area contributed by atoms with Gasteiger partial charge in [0.25, 0.3) is 0 Å². The summed E-state index contributed by atoms with van der Waals surface area (Å²) < 4.78 is 10.8. The summed E-state index contributed by atoms with van der Waals surface area (Å²) in [6, 6.07) is 7.98. The highest BCUT2D eigenvalue weighted by Gasteiger charge is 2.37. The SMILES string of the molecule is COc1ccccc1N1CCN(C(=O)[C@H]2CC(=O)N(CCN3CCOCC3)C2)CC1. The molecule has 3 aliphatic heterocycles. The number of anilines is 1. The number of amides is 2. The number of carbonyl (C=O) groups is 2. The van der Waals surface area contributed by atoms with Gasteiger partial charge >= 0.3 is 0 Å². The van der Waals surface area contributed by atoms with Crippen molar-refractivity contribution in [3.8, 4) is 5.75 Å². The smallest absolute Gasteiger partial charge is 0.228 e. The molecule has 1 atom stereocenters. The normalized spacial score (nSPS) is 23.2. The highest BCUT2D eigenvalue weighted by molar-refractivity contribution is 5.89. The van der Waals surface area contributed by atoms with E-state index in [0.717, 1.165) is 57.4 Å². The van der Waals surface area contributed by atoms with Crippen LogP contribution in [0.25, 0.3) is 0 Å². The number of likely N-dealkylation sites (tertiary alicyclic amines) is 1. The van der Waals surface area contributed by atoms with Gasteiger partial charge in [0.05, 0.1) is 31.9 Å². The highest BCUT2D eigenvalue weighted by Crippen LogP contribution is 2.29. The Labute approximate surface area is 178 Å². The molecule has 0 bridgehead atoms. The highest BCUT2D eigenvalue weighted by atomic mass is 16.5. The predicted octanol–water partition coefficient (Wildman–Crippen LogP) is 0.525. The van der Waals surface area contributed by atoms with E-state index in [0.29, 0.717) is 32.6 Å². The van der Waals surface area contributed by atoms with E-state index in [-0.39, 0.29) is 17.7 Å². The van der Waals surface area contributed by atoms with Gasteiger partial charge in [0, 0.05) is 65.3 Å². The summed E-state index contributed by atoms with van der Waals surface area (Å²) in [5.41, 5.74) is 1.07. The van der Waals surface area contributed by atoms with Gasteiger partial charge in [-0.05, 0) is 12.1 Å². The van der Waals surface area contributed by atoms with E-state index >= 15 is 0 Å². The number of rotatable bonds is 6. The van der Waals surface area contributed by atoms with Crippen molar-refractivity contribution in [2.45, 2.75) is 6.42 Å². The minimum atomic E-state index is -0.208. The first-order chi connectivity index (χ1) is 14.7. The molecule has 164 valence electrons. The molecule has 0 aliphatic carbocycles. The van der Waals surface area contributed by atoms with Gasteiger partial charge in [-0.25, -0.2) is 0 Å². The molecular formula is C22H32N4O4. The summed E-state index contributed by atoms with van der Waals surface area (Å²) in [6.07, 6.45) is 0.342. The quantitative estimate of drug-likeness (QED) is 0.674. The first-order valence-corrected chi connectivity index (χ1v) is 10.9. The molecule has 4 rings (SSSR count). The van der Waals surface area contributed by atoms with Crippen LogP contribution in [0.4, 0.5) is 5.69 Å². The molecule has 1 aromatic rings. The molecule has 3 heterocycles. The van der Waals surface area contributed by atoms with E-state index in [9.17, 15) is 9.59 Å². The summed E-state index contributed by atoms with van der Waals surface area (Å²) in [5, 5.41) is 0. The van der Waals surface area contributed by atoms with Gasteiger partial charge in [0.15, 0.2) is 0 Å². The Balaban J connectivity index is 1.26.